The standard InChI is InChI=1S/C16H23BrN2O2S/c1-16(2,3)15(21)19-8-6-11(7-9-19)14(20)18-10-12-4-5-13(17)22-12/h4-5,11H,6-10H2,1-3H3,(H,18,20). The predicted octanol–water partition coefficient (Wildman–Crippen LogP) is 3.41. The van der Waals surface area contributed by atoms with Crippen LogP contribution in [0.25, 0.3) is 0 Å². The Balaban J connectivity index is 1.79. The minimum Gasteiger partial charge on any atom is -0.351 e. The van der Waals surface area contributed by atoms with Gasteiger partial charge >= 0.3 is 0 Å². The highest BCUT2D eigenvalue weighted by molar-refractivity contribution is 9.11. The summed E-state index contributed by atoms with van der Waals surface area (Å²) in [4.78, 5) is 27.5. The van der Waals surface area contributed by atoms with E-state index >= 15 is 0 Å². The van der Waals surface area contributed by atoms with Crippen molar-refractivity contribution in [1.29, 1.82) is 0 Å². The van der Waals surface area contributed by atoms with E-state index in [-0.39, 0.29) is 23.1 Å². The minimum atomic E-state index is -0.346. The van der Waals surface area contributed by atoms with E-state index in [9.17, 15) is 9.59 Å². The molecule has 1 saturated heterocycles. The van der Waals surface area contributed by atoms with Gasteiger partial charge in [0.05, 0.1) is 10.3 Å². The Labute approximate surface area is 144 Å². The largest absolute Gasteiger partial charge is 0.351 e. The highest BCUT2D eigenvalue weighted by atomic mass is 79.9. The highest BCUT2D eigenvalue weighted by Crippen LogP contribution is 2.24. The second-order valence-corrected chi connectivity index (χ2v) is 9.29. The normalized spacial score (nSPS) is 16.6. The van der Waals surface area contributed by atoms with Crippen LogP contribution in [0.3, 0.4) is 0 Å². The summed E-state index contributed by atoms with van der Waals surface area (Å²) in [6.07, 6.45) is 1.50. The molecule has 1 fully saturated rings. The number of piperidine rings is 1. The SMILES string of the molecule is CC(C)(C)C(=O)N1CCC(C(=O)NCc2ccc(Br)s2)CC1. The van der Waals surface area contributed by atoms with Gasteiger partial charge in [0.15, 0.2) is 0 Å². The van der Waals surface area contributed by atoms with E-state index in [0.717, 1.165) is 21.5 Å². The van der Waals surface area contributed by atoms with Crippen molar-refractivity contribution >= 4 is 39.1 Å². The van der Waals surface area contributed by atoms with Crippen LogP contribution in [0.15, 0.2) is 15.9 Å². The molecule has 0 unspecified atom stereocenters. The number of nitrogens with zero attached hydrogens (tertiary/aromatic N) is 1. The van der Waals surface area contributed by atoms with Gasteiger partial charge in [-0.2, -0.15) is 0 Å². The number of rotatable bonds is 3. The van der Waals surface area contributed by atoms with E-state index in [2.05, 4.69) is 21.2 Å². The smallest absolute Gasteiger partial charge is 0.227 e. The number of halogens is 1. The molecule has 2 amide bonds. The van der Waals surface area contributed by atoms with Crippen molar-refractivity contribution < 1.29 is 9.59 Å². The molecular weight excluding hydrogens is 364 g/mol. The van der Waals surface area contributed by atoms with Gasteiger partial charge in [-0.05, 0) is 40.9 Å². The number of amides is 2. The first-order valence-corrected chi connectivity index (χ1v) is 9.19. The third-order valence-electron chi connectivity index (χ3n) is 3.86. The van der Waals surface area contributed by atoms with Crippen molar-refractivity contribution in [3.8, 4) is 0 Å². The van der Waals surface area contributed by atoms with Crippen molar-refractivity contribution in [3.05, 3.63) is 20.8 Å². The van der Waals surface area contributed by atoms with Crippen molar-refractivity contribution in [1.82, 2.24) is 10.2 Å². The summed E-state index contributed by atoms with van der Waals surface area (Å²) in [5.41, 5.74) is -0.346. The second-order valence-electron chi connectivity index (χ2n) is 6.74. The van der Waals surface area contributed by atoms with E-state index in [1.165, 1.54) is 0 Å². The number of likely N-dealkylation sites (tertiary alicyclic amines) is 1. The van der Waals surface area contributed by atoms with E-state index < -0.39 is 0 Å². The predicted molar refractivity (Wildman–Crippen MR) is 92.6 cm³/mol. The molecule has 0 bridgehead atoms. The molecule has 6 heteroatoms. The average Bonchev–Trinajstić information content (AvgIpc) is 2.89. The van der Waals surface area contributed by atoms with Crippen LogP contribution in [-0.4, -0.2) is 29.8 Å². The van der Waals surface area contributed by atoms with Gasteiger partial charge in [0.1, 0.15) is 0 Å². The van der Waals surface area contributed by atoms with Gasteiger partial charge in [-0.3, -0.25) is 9.59 Å². The Hall–Kier alpha value is -0.880. The van der Waals surface area contributed by atoms with Crippen LogP contribution < -0.4 is 5.32 Å². The molecule has 2 rings (SSSR count). The van der Waals surface area contributed by atoms with Crippen LogP contribution >= 0.6 is 27.3 Å². The van der Waals surface area contributed by atoms with Gasteiger partial charge in [-0.25, -0.2) is 0 Å². The maximum atomic E-state index is 12.2. The summed E-state index contributed by atoms with van der Waals surface area (Å²) in [5, 5.41) is 3.00. The Morgan fingerprint density at radius 2 is 1.95 bits per heavy atom. The molecule has 0 atom stereocenters. The monoisotopic (exact) mass is 386 g/mol. The molecule has 1 aliphatic heterocycles. The van der Waals surface area contributed by atoms with Crippen LogP contribution in [0.5, 0.6) is 0 Å². The summed E-state index contributed by atoms with van der Waals surface area (Å²) in [5.74, 6) is 0.301. The molecule has 122 valence electrons. The molecule has 0 aliphatic carbocycles. The Bertz CT molecular complexity index is 543. The quantitative estimate of drug-likeness (QED) is 0.864. The van der Waals surface area contributed by atoms with Gasteiger partial charge in [-0.1, -0.05) is 20.8 Å². The van der Waals surface area contributed by atoms with Crippen LogP contribution in [0.2, 0.25) is 0 Å². The van der Waals surface area contributed by atoms with Gasteiger partial charge in [-0.15, -0.1) is 11.3 Å². The van der Waals surface area contributed by atoms with Crippen LogP contribution in [0.1, 0.15) is 38.5 Å². The van der Waals surface area contributed by atoms with E-state index in [4.69, 9.17) is 0 Å². The van der Waals surface area contributed by atoms with E-state index in [1.807, 2.05) is 37.8 Å². The summed E-state index contributed by atoms with van der Waals surface area (Å²) in [6, 6.07) is 4.00. The topological polar surface area (TPSA) is 49.4 Å². The third kappa shape index (κ3) is 4.56. The lowest BCUT2D eigenvalue weighted by atomic mass is 9.90. The van der Waals surface area contributed by atoms with Crippen molar-refractivity contribution in [3.63, 3.8) is 0 Å². The molecule has 1 aromatic heterocycles. The Morgan fingerprint density at radius 1 is 1.32 bits per heavy atom. The highest BCUT2D eigenvalue weighted by Gasteiger charge is 2.32. The average molecular weight is 387 g/mol. The van der Waals surface area contributed by atoms with Crippen LogP contribution in [-0.2, 0) is 16.1 Å². The molecule has 0 spiro atoms. The van der Waals surface area contributed by atoms with Gasteiger partial charge in [0.25, 0.3) is 0 Å². The zero-order chi connectivity index (χ0) is 16.3. The molecule has 0 radical (unpaired) electrons. The Morgan fingerprint density at radius 3 is 2.45 bits per heavy atom. The summed E-state index contributed by atoms with van der Waals surface area (Å²) >= 11 is 5.05. The number of carbonyl (C=O) groups excluding carboxylic acids is 2. The first-order valence-electron chi connectivity index (χ1n) is 7.58. The summed E-state index contributed by atoms with van der Waals surface area (Å²) in [6.45, 7) is 7.75. The molecule has 2 heterocycles. The molecule has 0 aromatic carbocycles. The lowest BCUT2D eigenvalue weighted by Gasteiger charge is -2.35. The molecule has 4 nitrogen and oxygen atoms in total. The molecule has 1 aromatic rings. The van der Waals surface area contributed by atoms with Gasteiger partial charge in [0, 0.05) is 29.3 Å². The summed E-state index contributed by atoms with van der Waals surface area (Å²) < 4.78 is 1.07. The maximum Gasteiger partial charge on any atom is 0.227 e. The zero-order valence-corrected chi connectivity index (χ0v) is 15.7. The van der Waals surface area contributed by atoms with Gasteiger partial charge < -0.3 is 10.2 Å². The van der Waals surface area contributed by atoms with E-state index in [1.54, 1.807) is 11.3 Å². The molecule has 0 saturated carbocycles. The number of nitrogens with one attached hydrogen (secondary N) is 1. The van der Waals surface area contributed by atoms with Crippen LogP contribution in [0.4, 0.5) is 0 Å². The number of hydrogen-bond donors (Lipinski definition) is 1. The molecule has 1 aliphatic rings. The van der Waals surface area contributed by atoms with Crippen LogP contribution in [0, 0.1) is 11.3 Å². The first-order chi connectivity index (χ1) is 10.3. The van der Waals surface area contributed by atoms with Crippen molar-refractivity contribution in [2.75, 3.05) is 13.1 Å². The number of thiophene rings is 1. The lowest BCUT2D eigenvalue weighted by molar-refractivity contribution is -0.142. The van der Waals surface area contributed by atoms with Gasteiger partial charge in [0.2, 0.25) is 11.8 Å². The summed E-state index contributed by atoms with van der Waals surface area (Å²) in [7, 11) is 0. The first kappa shape index (κ1) is 17.5. The minimum absolute atomic E-state index is 0.0208. The second kappa shape index (κ2) is 7.13. The molecular formula is C16H23BrN2O2S. The Kier molecular flexibility index (Phi) is 5.66. The maximum absolute atomic E-state index is 12.2. The van der Waals surface area contributed by atoms with Crippen molar-refractivity contribution in [2.24, 2.45) is 11.3 Å². The van der Waals surface area contributed by atoms with Crippen molar-refractivity contribution in [2.45, 2.75) is 40.2 Å². The fraction of sp³-hybridized carbons (Fsp3) is 0.625. The molecule has 1 N–H and O–H groups in total. The zero-order valence-electron chi connectivity index (χ0n) is 13.3. The number of carbonyl (C=O) groups is 2. The third-order valence-corrected chi connectivity index (χ3v) is 5.48. The fourth-order valence-corrected chi connectivity index (χ4v) is 4.01. The molecule has 22 heavy (non-hydrogen) atoms. The lowest BCUT2D eigenvalue weighted by Crippen LogP contribution is -2.46. The van der Waals surface area contributed by atoms with E-state index in [0.29, 0.717) is 19.6 Å². The number of hydrogen-bond acceptors (Lipinski definition) is 3. The fourth-order valence-electron chi connectivity index (χ4n) is 2.58.